The molecule has 0 radical (unpaired) electrons. The van der Waals surface area contributed by atoms with E-state index >= 15 is 0 Å². The number of para-hydroxylation sites is 13. The van der Waals surface area contributed by atoms with Crippen LogP contribution in [0.2, 0.25) is 0 Å². The number of rotatable bonds is 8. The highest BCUT2D eigenvalue weighted by molar-refractivity contribution is 7.26. The van der Waals surface area contributed by atoms with Gasteiger partial charge in [-0.05, 0) is 200 Å². The van der Waals surface area contributed by atoms with E-state index in [1.807, 2.05) is 22.7 Å². The van der Waals surface area contributed by atoms with Gasteiger partial charge in [-0.2, -0.15) is 0 Å². The lowest BCUT2D eigenvalue weighted by molar-refractivity contribution is 1.11. The molecule has 0 aliphatic heterocycles. The van der Waals surface area contributed by atoms with Crippen LogP contribution in [0.4, 0.5) is 0 Å². The van der Waals surface area contributed by atoms with Crippen LogP contribution in [0.1, 0.15) is 0 Å². The predicted molar refractivity (Wildman–Crippen MR) is 571 cm³/mol. The summed E-state index contributed by atoms with van der Waals surface area (Å²) in [5.41, 5.74) is 31.7. The quantitative estimate of drug-likeness (QED) is 0.152. The maximum absolute atomic E-state index is 5.72. The van der Waals surface area contributed by atoms with E-state index in [0.29, 0.717) is 0 Å². The average molecular weight is 1770 g/mol. The van der Waals surface area contributed by atoms with Crippen molar-refractivity contribution in [3.63, 3.8) is 0 Å². The molecule has 0 unspecified atom stereocenters. The van der Waals surface area contributed by atoms with Crippen LogP contribution >= 0.6 is 22.7 Å². The summed E-state index contributed by atoms with van der Waals surface area (Å²) >= 11 is 3.72. The molecule has 0 aliphatic carbocycles. The van der Waals surface area contributed by atoms with Gasteiger partial charge in [0.25, 0.3) is 0 Å². The van der Waals surface area contributed by atoms with E-state index < -0.39 is 0 Å². The number of aromatic nitrogens is 12. The Balaban J connectivity index is 0.000000127. The van der Waals surface area contributed by atoms with Crippen molar-refractivity contribution in [1.82, 2.24) is 55.3 Å². The zero-order valence-corrected chi connectivity index (χ0v) is 74.4. The molecule has 12 heterocycles. The summed E-state index contributed by atoms with van der Waals surface area (Å²) in [6.45, 7) is 0. The van der Waals surface area contributed by atoms with E-state index in [4.69, 9.17) is 9.97 Å². The van der Waals surface area contributed by atoms with Gasteiger partial charge in [0.15, 0.2) is 0 Å². The van der Waals surface area contributed by atoms with Crippen LogP contribution in [0, 0.1) is 0 Å². The molecule has 136 heavy (non-hydrogen) atoms. The maximum Gasteiger partial charge on any atom is 0.220 e. The first-order chi connectivity index (χ1) is 67.5. The Morgan fingerprint density at radius 2 is 0.449 bits per heavy atom. The Morgan fingerprint density at radius 3 is 0.926 bits per heavy atom. The van der Waals surface area contributed by atoms with E-state index in [1.54, 1.807) is 0 Å². The number of benzene rings is 20. The zero-order valence-electron chi connectivity index (χ0n) is 72.8. The highest BCUT2D eigenvalue weighted by Gasteiger charge is 2.29. The van der Waals surface area contributed by atoms with Crippen LogP contribution < -0.4 is 0 Å². The minimum absolute atomic E-state index is 0.898. The summed E-state index contributed by atoms with van der Waals surface area (Å²) < 4.78 is 29.0. The number of imidazole rings is 4. The topological polar surface area (TPSA) is 74.0 Å². The minimum Gasteiger partial charge on any atom is -0.309 e. The Labute approximate surface area is 781 Å². The maximum atomic E-state index is 5.72. The van der Waals surface area contributed by atoms with Gasteiger partial charge in [-0.15, -0.1) is 22.7 Å². The third-order valence-corrected chi connectivity index (χ3v) is 31.4. The molecule has 0 saturated heterocycles. The van der Waals surface area contributed by atoms with Crippen molar-refractivity contribution < 1.29 is 0 Å². The van der Waals surface area contributed by atoms with E-state index in [-0.39, 0.29) is 0 Å². The molecule has 32 rings (SSSR count). The smallest absolute Gasteiger partial charge is 0.220 e. The lowest BCUT2D eigenvalue weighted by atomic mass is 10.1. The average Bonchev–Trinajstić information content (AvgIpc) is 1.54. The molecule has 32 aromatic rings. The predicted octanol–water partition coefficient (Wildman–Crippen LogP) is 32.2. The number of hydrogen-bond donors (Lipinski definition) is 0. The molecule has 0 spiro atoms. The lowest BCUT2D eigenvalue weighted by Gasteiger charge is -2.13. The fraction of sp³-hybridized carbons (Fsp3) is 0. The first-order valence-corrected chi connectivity index (χ1v) is 47.9. The molecule has 20 aromatic carbocycles. The van der Waals surface area contributed by atoms with E-state index in [1.165, 1.54) is 149 Å². The molecule has 0 bridgehead atoms. The molecule has 0 aliphatic rings. The third-order valence-electron chi connectivity index (χ3n) is 28.9. The van der Waals surface area contributed by atoms with Crippen molar-refractivity contribution in [1.29, 1.82) is 0 Å². The second-order valence-corrected chi connectivity index (χ2v) is 38.0. The first-order valence-electron chi connectivity index (χ1n) is 46.3. The molecule has 632 valence electrons. The summed E-state index contributed by atoms with van der Waals surface area (Å²) in [5, 5.41) is 19.8. The SMILES string of the molecule is c1cc(-n2c3ccccc3c3cc(-n4c5ccccc5c5ccccc54)ccc32)cc(-n2c3ccccc3c3ccc4c(nc5n(-c6cccc7c6sc6ccccc67)c6ccccc6n45)c32)c1.c1ccc(-n2c3ccccc3n3c4ccc5c6ccccc6n(-c6cccc7c6sc6ccc(-n8c9ccccc9c9cc(-n%10c%11ccccc%11c%11ccccc%11%10)ccc98)cc67)c5c4nc23)cc1. The van der Waals surface area contributed by atoms with Crippen LogP contribution in [-0.2, 0) is 0 Å². The molecule has 12 nitrogen and oxygen atoms in total. The van der Waals surface area contributed by atoms with Gasteiger partial charge < -0.3 is 27.4 Å². The molecule has 0 atom stereocenters. The molecule has 0 fully saturated rings. The van der Waals surface area contributed by atoms with Crippen LogP contribution in [0.25, 0.3) is 272 Å². The summed E-state index contributed by atoms with van der Waals surface area (Å²) in [6.07, 6.45) is 0. The van der Waals surface area contributed by atoms with Crippen LogP contribution in [-0.4, -0.2) is 55.3 Å². The summed E-state index contributed by atoms with van der Waals surface area (Å²) in [4.78, 5) is 11.3. The van der Waals surface area contributed by atoms with Gasteiger partial charge in [0.2, 0.25) is 11.6 Å². The Morgan fingerprint density at radius 1 is 0.154 bits per heavy atom. The first kappa shape index (κ1) is 73.9. The van der Waals surface area contributed by atoms with Gasteiger partial charge in [0.1, 0.15) is 11.0 Å². The number of nitrogens with zero attached hydrogens (tertiary/aromatic N) is 12. The Hall–Kier alpha value is -17.8. The normalized spacial score (nSPS) is 12.4. The summed E-state index contributed by atoms with van der Waals surface area (Å²) in [5.74, 6) is 1.80. The van der Waals surface area contributed by atoms with Crippen molar-refractivity contribution in [2.24, 2.45) is 0 Å². The molecule has 0 amide bonds. The highest BCUT2D eigenvalue weighted by Crippen LogP contribution is 2.49. The van der Waals surface area contributed by atoms with Crippen molar-refractivity contribution in [2.75, 3.05) is 0 Å². The second-order valence-electron chi connectivity index (χ2n) is 35.9. The Kier molecular flexibility index (Phi) is 15.2. The van der Waals surface area contributed by atoms with Gasteiger partial charge in [0.05, 0.1) is 120 Å². The van der Waals surface area contributed by atoms with Gasteiger partial charge in [-0.25, -0.2) is 9.97 Å². The van der Waals surface area contributed by atoms with Gasteiger partial charge in [-0.1, -0.05) is 237 Å². The minimum atomic E-state index is 0.898. The molecule has 12 aromatic heterocycles. The van der Waals surface area contributed by atoms with Crippen molar-refractivity contribution in [3.8, 4) is 45.5 Å². The molecular weight excluding hydrogens is 1700 g/mol. The van der Waals surface area contributed by atoms with Crippen LogP contribution in [0.3, 0.4) is 0 Å². The van der Waals surface area contributed by atoms with E-state index in [0.717, 1.165) is 123 Å². The monoisotopic (exact) mass is 1770 g/mol. The Bertz CT molecular complexity index is 10700. The molecule has 0 saturated carbocycles. The van der Waals surface area contributed by atoms with E-state index in [2.05, 4.69) is 482 Å². The third kappa shape index (κ3) is 10.1. The summed E-state index contributed by atoms with van der Waals surface area (Å²) in [6, 6.07) is 160. The fourth-order valence-corrected chi connectivity index (χ4v) is 25.7. The number of thiophene rings is 2. The van der Waals surface area contributed by atoms with E-state index in [9.17, 15) is 0 Å². The van der Waals surface area contributed by atoms with Gasteiger partial charge >= 0.3 is 0 Å². The number of hydrogen-bond acceptors (Lipinski definition) is 4. The zero-order chi connectivity index (χ0) is 88.4. The second kappa shape index (κ2) is 27.9. The largest absolute Gasteiger partial charge is 0.309 e. The number of fused-ring (bicyclic) bond motifs is 36. The molecule has 14 heteroatoms. The fourth-order valence-electron chi connectivity index (χ4n) is 23.3. The van der Waals surface area contributed by atoms with Crippen molar-refractivity contribution in [3.05, 3.63) is 437 Å². The van der Waals surface area contributed by atoms with Crippen molar-refractivity contribution in [2.45, 2.75) is 0 Å². The summed E-state index contributed by atoms with van der Waals surface area (Å²) in [7, 11) is 0. The van der Waals surface area contributed by atoms with Gasteiger partial charge in [0, 0.05) is 130 Å². The van der Waals surface area contributed by atoms with Gasteiger partial charge in [-0.3, -0.25) is 17.9 Å². The lowest BCUT2D eigenvalue weighted by Crippen LogP contribution is -1.99. The molecular formula is C122H72N12S2. The standard InChI is InChI=1S/2C61H36N6S/c1-6-23-48-40(17-1)41-18-2-7-24-49(41)64(48)39-31-33-52-47(36-39)43-20-4-8-25-50(43)63(52)37-15-13-16-38(35-37)65-51-26-9-3-19-42(51)45-32-34-55-58(59(45)65)62-61-66(55)53-27-10-11-28-54(53)67(61)56-29-14-22-46-44-21-5-12-30-57(44)68-60(46)56;1-2-15-37(16-3-1)65-53-26-12-13-27-54(53)67-55-33-31-44-42-19-6-11-25-51(42)66(59(44)58(55)62-61(65)67)56-28-14-21-45-47-36-39(30-34-57(47)68-60(45)56)64-50-24-10-7-20-43(50)46-35-38(29-32-52(46)64)63-48-22-8-4-17-40(48)41-18-5-9-23-49(41)63/h2*1-36H. The van der Waals surface area contributed by atoms with Crippen LogP contribution in [0.5, 0.6) is 0 Å². The highest BCUT2D eigenvalue weighted by atomic mass is 32.1. The van der Waals surface area contributed by atoms with Crippen LogP contribution in [0.15, 0.2) is 437 Å². The van der Waals surface area contributed by atoms with Crippen molar-refractivity contribution >= 4 is 250 Å². The molecule has 0 N–H and O–H groups in total.